The summed E-state index contributed by atoms with van der Waals surface area (Å²) in [7, 11) is 0. The molecule has 7 heteroatoms. The van der Waals surface area contributed by atoms with E-state index in [2.05, 4.69) is 4.98 Å². The molecular formula is C26H10F2N4O. The molecule has 1 heterocycles. The summed E-state index contributed by atoms with van der Waals surface area (Å²) in [6.07, 6.45) is 2.74. The fraction of sp³-hybridized carbons (Fsp3) is 0. The Hall–Kier alpha value is -5.06. The van der Waals surface area contributed by atoms with Crippen LogP contribution in [0.1, 0.15) is 22.3 Å². The quantitative estimate of drug-likeness (QED) is 0.381. The minimum Gasteiger partial charge on any atom is -0.507 e. The van der Waals surface area contributed by atoms with E-state index in [9.17, 15) is 29.7 Å². The molecule has 1 N–H and O–H groups in total. The molecule has 0 amide bonds. The lowest BCUT2D eigenvalue weighted by molar-refractivity contribution is 0.477. The van der Waals surface area contributed by atoms with Gasteiger partial charge in [-0.15, -0.1) is 0 Å². The van der Waals surface area contributed by atoms with Crippen LogP contribution in [0.25, 0.3) is 28.0 Å². The number of hydrogen-bond donors (Lipinski definition) is 1. The second-order valence-corrected chi connectivity index (χ2v) is 7.32. The predicted molar refractivity (Wildman–Crippen MR) is 115 cm³/mol. The Kier molecular flexibility index (Phi) is 4.38. The monoisotopic (exact) mass is 432 g/mol. The van der Waals surface area contributed by atoms with Crippen molar-refractivity contribution in [1.82, 2.24) is 4.98 Å². The van der Waals surface area contributed by atoms with E-state index in [1.165, 1.54) is 12.1 Å². The van der Waals surface area contributed by atoms with E-state index in [1.54, 1.807) is 30.5 Å². The summed E-state index contributed by atoms with van der Waals surface area (Å²) in [4.78, 5) is 4.40. The summed E-state index contributed by atoms with van der Waals surface area (Å²) in [5, 5.41) is 39.5. The molecule has 2 aliphatic rings. The molecule has 5 rings (SSSR count). The van der Waals surface area contributed by atoms with Crippen molar-refractivity contribution in [3.8, 4) is 35.2 Å². The molecule has 0 spiro atoms. The summed E-state index contributed by atoms with van der Waals surface area (Å²) < 4.78 is 28.5. The van der Waals surface area contributed by atoms with Gasteiger partial charge in [0.2, 0.25) is 0 Å². The molecule has 1 aromatic heterocycles. The van der Waals surface area contributed by atoms with Crippen LogP contribution in [0, 0.1) is 45.6 Å². The molecule has 0 radical (unpaired) electrons. The molecule has 0 fully saturated rings. The van der Waals surface area contributed by atoms with E-state index in [-0.39, 0.29) is 33.6 Å². The van der Waals surface area contributed by atoms with Crippen molar-refractivity contribution in [3.63, 3.8) is 0 Å². The zero-order chi connectivity index (χ0) is 23.3. The number of aromatic hydroxyl groups is 1. The number of pyridine rings is 1. The highest BCUT2D eigenvalue weighted by Crippen LogP contribution is 2.56. The summed E-state index contributed by atoms with van der Waals surface area (Å²) in [6.45, 7) is 0. The number of phenols is 1. The van der Waals surface area contributed by atoms with Gasteiger partial charge < -0.3 is 5.11 Å². The average Bonchev–Trinajstić information content (AvgIpc) is 3.29. The molecule has 0 saturated carbocycles. The van der Waals surface area contributed by atoms with Gasteiger partial charge in [-0.3, -0.25) is 4.98 Å². The Balaban J connectivity index is 2.04. The van der Waals surface area contributed by atoms with E-state index < -0.39 is 11.6 Å². The van der Waals surface area contributed by atoms with Crippen LogP contribution in [0.15, 0.2) is 65.9 Å². The van der Waals surface area contributed by atoms with Crippen molar-refractivity contribution in [3.05, 3.63) is 99.8 Å². The maximum atomic E-state index is 14.3. The van der Waals surface area contributed by atoms with Crippen LogP contribution in [-0.2, 0) is 0 Å². The number of hydrogen-bond acceptors (Lipinski definition) is 5. The number of nitrogens with zero attached hydrogens (tertiary/aromatic N) is 4. The van der Waals surface area contributed by atoms with Crippen LogP contribution < -0.4 is 0 Å². The number of nitriles is 3. The van der Waals surface area contributed by atoms with Gasteiger partial charge in [0, 0.05) is 40.1 Å². The highest BCUT2D eigenvalue weighted by molar-refractivity contribution is 6.20. The standard InChI is InChI=1S/C26H10F2N4O/c27-19-9-17-14(6-7-29)25(22(13(11-30)12-31)18(17)10-20(19)28)23-15-3-1-5-21(33)24(15)26-16(23)4-2-8-32-26/h1-6,8-10,33H/b14-6?,25-23+. The molecule has 2 aliphatic carbocycles. The van der Waals surface area contributed by atoms with Crippen LogP contribution in [0.4, 0.5) is 8.78 Å². The van der Waals surface area contributed by atoms with E-state index in [0.29, 0.717) is 33.5 Å². The van der Waals surface area contributed by atoms with E-state index in [1.807, 2.05) is 18.2 Å². The Morgan fingerprint density at radius 3 is 2.27 bits per heavy atom. The Morgan fingerprint density at radius 2 is 1.58 bits per heavy atom. The van der Waals surface area contributed by atoms with Gasteiger partial charge in [0.05, 0.1) is 17.3 Å². The number of benzene rings is 2. The fourth-order valence-corrected chi connectivity index (χ4v) is 4.47. The van der Waals surface area contributed by atoms with Crippen molar-refractivity contribution in [2.24, 2.45) is 0 Å². The first-order chi connectivity index (χ1) is 16.0. The number of phenolic OH excluding ortho intramolecular Hbond substituents is 1. The third-order valence-electron chi connectivity index (χ3n) is 5.70. The third kappa shape index (κ3) is 2.69. The first-order valence-electron chi connectivity index (χ1n) is 9.69. The topological polar surface area (TPSA) is 104 Å². The molecular weight excluding hydrogens is 422 g/mol. The number of aromatic nitrogens is 1. The highest BCUT2D eigenvalue weighted by atomic mass is 19.2. The molecule has 33 heavy (non-hydrogen) atoms. The van der Waals surface area contributed by atoms with Gasteiger partial charge >= 0.3 is 0 Å². The lowest BCUT2D eigenvalue weighted by Gasteiger charge is -2.12. The molecule has 5 nitrogen and oxygen atoms in total. The predicted octanol–water partition coefficient (Wildman–Crippen LogP) is 5.27. The van der Waals surface area contributed by atoms with Gasteiger partial charge in [-0.1, -0.05) is 18.2 Å². The molecule has 2 aromatic carbocycles. The normalized spacial score (nSPS) is 16.5. The van der Waals surface area contributed by atoms with E-state index in [0.717, 1.165) is 12.1 Å². The van der Waals surface area contributed by atoms with Gasteiger partial charge in [0.25, 0.3) is 0 Å². The molecule has 0 aliphatic heterocycles. The lowest BCUT2D eigenvalue weighted by Crippen LogP contribution is -1.94. The van der Waals surface area contributed by atoms with Crippen molar-refractivity contribution in [2.45, 2.75) is 0 Å². The van der Waals surface area contributed by atoms with Crippen LogP contribution in [-0.4, -0.2) is 10.1 Å². The SMILES string of the molecule is N#CC=C1/C(=C2\c3cccnc3-c3c(O)cccc32)C(=C(C#N)C#N)c2cc(F)c(F)cc21. The number of rotatable bonds is 0. The number of allylic oxidation sites excluding steroid dienone is 5. The van der Waals surface area contributed by atoms with Crippen molar-refractivity contribution >= 4 is 16.7 Å². The van der Waals surface area contributed by atoms with Crippen LogP contribution in [0.2, 0.25) is 0 Å². The van der Waals surface area contributed by atoms with Gasteiger partial charge in [0.15, 0.2) is 11.6 Å². The van der Waals surface area contributed by atoms with E-state index >= 15 is 0 Å². The lowest BCUT2D eigenvalue weighted by atomic mass is 9.89. The highest BCUT2D eigenvalue weighted by Gasteiger charge is 2.38. The van der Waals surface area contributed by atoms with Crippen LogP contribution in [0.5, 0.6) is 5.75 Å². The first kappa shape index (κ1) is 19.9. The van der Waals surface area contributed by atoms with Crippen LogP contribution >= 0.6 is 0 Å². The Morgan fingerprint density at radius 1 is 0.879 bits per heavy atom. The summed E-state index contributed by atoms with van der Waals surface area (Å²) in [6, 6.07) is 15.8. The molecule has 0 bridgehead atoms. The number of halogens is 2. The van der Waals surface area contributed by atoms with Crippen molar-refractivity contribution in [2.75, 3.05) is 0 Å². The second kappa shape index (κ2) is 7.27. The fourth-order valence-electron chi connectivity index (χ4n) is 4.47. The largest absolute Gasteiger partial charge is 0.507 e. The van der Waals surface area contributed by atoms with E-state index in [4.69, 9.17) is 0 Å². The summed E-state index contributed by atoms with van der Waals surface area (Å²) in [5.41, 5.74) is 3.23. The minimum absolute atomic E-state index is 0.0206. The minimum atomic E-state index is -1.14. The second-order valence-electron chi connectivity index (χ2n) is 7.32. The molecule has 3 aromatic rings. The maximum Gasteiger partial charge on any atom is 0.159 e. The maximum absolute atomic E-state index is 14.3. The van der Waals surface area contributed by atoms with Gasteiger partial charge in [-0.25, -0.2) is 8.78 Å². The summed E-state index contributed by atoms with van der Waals surface area (Å²) in [5.74, 6) is -2.28. The third-order valence-corrected chi connectivity index (χ3v) is 5.70. The summed E-state index contributed by atoms with van der Waals surface area (Å²) >= 11 is 0. The Labute approximate surface area is 186 Å². The zero-order valence-electron chi connectivity index (χ0n) is 16.7. The Bertz CT molecular complexity index is 1610. The number of fused-ring (bicyclic) bond motifs is 4. The van der Waals surface area contributed by atoms with Gasteiger partial charge in [0.1, 0.15) is 23.5 Å². The van der Waals surface area contributed by atoms with Gasteiger partial charge in [-0.2, -0.15) is 15.8 Å². The molecule has 0 saturated heterocycles. The first-order valence-corrected chi connectivity index (χ1v) is 9.69. The smallest absolute Gasteiger partial charge is 0.159 e. The average molecular weight is 432 g/mol. The van der Waals surface area contributed by atoms with Crippen molar-refractivity contribution in [1.29, 1.82) is 15.8 Å². The zero-order valence-corrected chi connectivity index (χ0v) is 16.7. The van der Waals surface area contributed by atoms with Crippen molar-refractivity contribution < 1.29 is 13.9 Å². The molecule has 154 valence electrons. The molecule has 0 atom stereocenters. The molecule has 0 unspecified atom stereocenters. The van der Waals surface area contributed by atoms with Crippen LogP contribution in [0.3, 0.4) is 0 Å². The van der Waals surface area contributed by atoms with Gasteiger partial charge in [-0.05, 0) is 41.0 Å².